The van der Waals surface area contributed by atoms with E-state index in [0.29, 0.717) is 18.8 Å². The average molecular weight is 385 g/mol. The van der Waals surface area contributed by atoms with E-state index in [-0.39, 0.29) is 42.1 Å². The zero-order valence-corrected chi connectivity index (χ0v) is 15.5. The van der Waals surface area contributed by atoms with Crippen LogP contribution in [0.25, 0.3) is 0 Å². The molecule has 0 radical (unpaired) electrons. The van der Waals surface area contributed by atoms with E-state index in [1.165, 1.54) is 24.3 Å². The first-order chi connectivity index (χ1) is 12.1. The molecule has 0 aromatic heterocycles. The number of amides is 3. The minimum absolute atomic E-state index is 0. The molecule has 1 aromatic rings. The average Bonchev–Trinajstić information content (AvgIpc) is 2.64. The molecule has 8 heteroatoms. The first kappa shape index (κ1) is 20.5. The third-order valence-corrected chi connectivity index (χ3v) is 4.93. The van der Waals surface area contributed by atoms with E-state index in [0.717, 1.165) is 38.8 Å². The van der Waals surface area contributed by atoms with Gasteiger partial charge in [0, 0.05) is 30.7 Å². The summed E-state index contributed by atoms with van der Waals surface area (Å²) in [5.74, 6) is 0.0694. The van der Waals surface area contributed by atoms with Crippen LogP contribution in [0.2, 0.25) is 0 Å². The van der Waals surface area contributed by atoms with Gasteiger partial charge in [0.25, 0.3) is 0 Å². The molecule has 1 aromatic carbocycles. The van der Waals surface area contributed by atoms with Crippen molar-refractivity contribution in [2.75, 3.05) is 31.5 Å². The number of hydrogen-bond acceptors (Lipinski definition) is 3. The Balaban J connectivity index is 0.00000243. The summed E-state index contributed by atoms with van der Waals surface area (Å²) in [6, 6.07) is 5.41. The number of likely N-dealkylation sites (tertiary alicyclic amines) is 1. The van der Waals surface area contributed by atoms with Crippen LogP contribution in [0.5, 0.6) is 0 Å². The van der Waals surface area contributed by atoms with Gasteiger partial charge in [0.15, 0.2) is 0 Å². The molecule has 3 N–H and O–H groups in total. The molecular formula is C18H26ClFN4O2. The van der Waals surface area contributed by atoms with Crippen molar-refractivity contribution in [1.29, 1.82) is 0 Å². The minimum Gasteiger partial charge on any atom is -0.342 e. The summed E-state index contributed by atoms with van der Waals surface area (Å²) in [5.41, 5.74) is 0.553. The number of rotatable bonds is 3. The van der Waals surface area contributed by atoms with E-state index in [9.17, 15) is 14.0 Å². The fourth-order valence-electron chi connectivity index (χ4n) is 3.46. The van der Waals surface area contributed by atoms with Crippen LogP contribution in [0.15, 0.2) is 24.3 Å². The van der Waals surface area contributed by atoms with Gasteiger partial charge in [0.05, 0.1) is 0 Å². The predicted molar refractivity (Wildman–Crippen MR) is 101 cm³/mol. The van der Waals surface area contributed by atoms with Crippen molar-refractivity contribution in [3.8, 4) is 0 Å². The van der Waals surface area contributed by atoms with Gasteiger partial charge in [-0.15, -0.1) is 12.4 Å². The van der Waals surface area contributed by atoms with Crippen molar-refractivity contribution >= 4 is 30.0 Å². The molecule has 0 atom stereocenters. The van der Waals surface area contributed by atoms with Crippen LogP contribution in [-0.4, -0.2) is 49.1 Å². The molecule has 2 saturated heterocycles. The third-order valence-electron chi connectivity index (χ3n) is 4.93. The molecule has 26 heavy (non-hydrogen) atoms. The number of anilines is 1. The molecule has 2 fully saturated rings. The molecular weight excluding hydrogens is 359 g/mol. The molecule has 2 aliphatic rings. The number of piperidine rings is 2. The van der Waals surface area contributed by atoms with Crippen LogP contribution < -0.4 is 16.0 Å². The van der Waals surface area contributed by atoms with Gasteiger partial charge in [-0.2, -0.15) is 0 Å². The number of halogens is 2. The Morgan fingerprint density at radius 1 is 1.04 bits per heavy atom. The lowest BCUT2D eigenvalue weighted by Crippen LogP contribution is -2.49. The molecule has 0 bridgehead atoms. The highest BCUT2D eigenvalue weighted by atomic mass is 35.5. The van der Waals surface area contributed by atoms with Crippen molar-refractivity contribution < 1.29 is 14.0 Å². The summed E-state index contributed by atoms with van der Waals surface area (Å²) in [7, 11) is 0. The largest absolute Gasteiger partial charge is 0.342 e. The van der Waals surface area contributed by atoms with Crippen molar-refractivity contribution in [3.05, 3.63) is 30.1 Å². The van der Waals surface area contributed by atoms with Crippen molar-refractivity contribution in [1.82, 2.24) is 15.5 Å². The lowest BCUT2D eigenvalue weighted by Gasteiger charge is -2.35. The highest BCUT2D eigenvalue weighted by Crippen LogP contribution is 2.19. The van der Waals surface area contributed by atoms with Crippen molar-refractivity contribution in [3.63, 3.8) is 0 Å². The maximum Gasteiger partial charge on any atom is 0.319 e. The smallest absolute Gasteiger partial charge is 0.319 e. The van der Waals surface area contributed by atoms with E-state index < -0.39 is 0 Å². The molecule has 0 aliphatic carbocycles. The third kappa shape index (κ3) is 5.57. The number of carbonyl (C=O) groups is 2. The van der Waals surface area contributed by atoms with Gasteiger partial charge < -0.3 is 20.9 Å². The van der Waals surface area contributed by atoms with E-state index in [2.05, 4.69) is 16.0 Å². The standard InChI is InChI=1S/C18H25FN4O2.ClH/c19-14-1-3-15(4-2-14)21-18(25)22-16-7-11-23(12-8-16)17(24)13-5-9-20-10-6-13;/h1-4,13,16,20H,5-12H2,(H2,21,22,25);1H. The van der Waals surface area contributed by atoms with Crippen LogP contribution in [0.4, 0.5) is 14.9 Å². The summed E-state index contributed by atoms with van der Waals surface area (Å²) >= 11 is 0. The van der Waals surface area contributed by atoms with Gasteiger partial charge in [-0.05, 0) is 63.0 Å². The number of carbonyl (C=O) groups excluding carboxylic acids is 2. The Labute approximate surface area is 159 Å². The summed E-state index contributed by atoms with van der Waals surface area (Å²) in [4.78, 5) is 26.5. The highest BCUT2D eigenvalue weighted by Gasteiger charge is 2.29. The number of nitrogens with one attached hydrogen (secondary N) is 3. The first-order valence-electron chi connectivity index (χ1n) is 8.94. The molecule has 0 saturated carbocycles. The second-order valence-electron chi connectivity index (χ2n) is 6.73. The molecule has 0 spiro atoms. The summed E-state index contributed by atoms with van der Waals surface area (Å²) in [6.45, 7) is 3.20. The fourth-order valence-corrected chi connectivity index (χ4v) is 3.46. The van der Waals surface area contributed by atoms with Gasteiger partial charge in [-0.25, -0.2) is 9.18 Å². The predicted octanol–water partition coefficient (Wildman–Crippen LogP) is 2.36. The Morgan fingerprint density at radius 2 is 1.65 bits per heavy atom. The van der Waals surface area contributed by atoms with E-state index >= 15 is 0 Å². The Hall–Kier alpha value is -1.86. The maximum atomic E-state index is 12.9. The Morgan fingerprint density at radius 3 is 2.27 bits per heavy atom. The van der Waals surface area contributed by atoms with Gasteiger partial charge in [0.1, 0.15) is 5.82 Å². The maximum absolute atomic E-state index is 12.9. The Bertz CT molecular complexity index is 600. The van der Waals surface area contributed by atoms with Gasteiger partial charge in [0.2, 0.25) is 5.91 Å². The highest BCUT2D eigenvalue weighted by molar-refractivity contribution is 5.89. The van der Waals surface area contributed by atoms with Gasteiger partial charge in [-0.3, -0.25) is 4.79 Å². The van der Waals surface area contributed by atoms with E-state index in [1.54, 1.807) is 0 Å². The van der Waals surface area contributed by atoms with E-state index in [4.69, 9.17) is 0 Å². The van der Waals surface area contributed by atoms with Crippen LogP contribution in [-0.2, 0) is 4.79 Å². The fraction of sp³-hybridized carbons (Fsp3) is 0.556. The summed E-state index contributed by atoms with van der Waals surface area (Å²) in [5, 5.41) is 8.91. The van der Waals surface area contributed by atoms with Crippen LogP contribution in [0.3, 0.4) is 0 Å². The van der Waals surface area contributed by atoms with E-state index in [1.807, 2.05) is 4.90 Å². The lowest BCUT2D eigenvalue weighted by atomic mass is 9.95. The van der Waals surface area contributed by atoms with Crippen molar-refractivity contribution in [2.45, 2.75) is 31.7 Å². The van der Waals surface area contributed by atoms with Crippen LogP contribution in [0, 0.1) is 11.7 Å². The van der Waals surface area contributed by atoms with Crippen LogP contribution in [0.1, 0.15) is 25.7 Å². The number of benzene rings is 1. The lowest BCUT2D eigenvalue weighted by molar-refractivity contribution is -0.137. The summed E-state index contributed by atoms with van der Waals surface area (Å²) in [6.07, 6.45) is 3.34. The number of urea groups is 1. The minimum atomic E-state index is -0.336. The first-order valence-corrected chi connectivity index (χ1v) is 8.94. The number of nitrogens with zero attached hydrogens (tertiary/aromatic N) is 1. The second kappa shape index (κ2) is 9.73. The zero-order valence-electron chi connectivity index (χ0n) is 14.7. The van der Waals surface area contributed by atoms with Gasteiger partial charge in [-0.1, -0.05) is 0 Å². The molecule has 0 unspecified atom stereocenters. The number of hydrogen-bond donors (Lipinski definition) is 3. The monoisotopic (exact) mass is 384 g/mol. The molecule has 3 amide bonds. The zero-order chi connectivity index (χ0) is 17.6. The molecule has 2 heterocycles. The van der Waals surface area contributed by atoms with Gasteiger partial charge >= 0.3 is 6.03 Å². The Kier molecular flexibility index (Phi) is 7.66. The quantitative estimate of drug-likeness (QED) is 0.749. The van der Waals surface area contributed by atoms with Crippen molar-refractivity contribution in [2.24, 2.45) is 5.92 Å². The summed E-state index contributed by atoms with van der Waals surface area (Å²) < 4.78 is 12.9. The van der Waals surface area contributed by atoms with Crippen LogP contribution >= 0.6 is 12.4 Å². The molecule has 6 nitrogen and oxygen atoms in total. The normalized spacial score (nSPS) is 18.7. The SMILES string of the molecule is Cl.O=C(Nc1ccc(F)cc1)NC1CCN(C(=O)C2CCNCC2)CC1. The topological polar surface area (TPSA) is 73.5 Å². The molecule has 3 rings (SSSR count). The molecule has 144 valence electrons. The molecule has 2 aliphatic heterocycles. The second-order valence-corrected chi connectivity index (χ2v) is 6.73.